The number of benzene rings is 2. The summed E-state index contributed by atoms with van der Waals surface area (Å²) < 4.78 is 43.4. The number of carbonyl (C=O) groups is 2. The lowest BCUT2D eigenvalue weighted by atomic mass is 9.93. The number of carbonyl (C=O) groups excluding carboxylic acids is 2. The van der Waals surface area contributed by atoms with Crippen LogP contribution < -0.4 is 5.32 Å². The molecule has 1 aliphatic heterocycles. The van der Waals surface area contributed by atoms with E-state index in [1.165, 1.54) is 17.0 Å². The van der Waals surface area contributed by atoms with Gasteiger partial charge in [-0.3, -0.25) is 14.5 Å². The Kier molecular flexibility index (Phi) is 5.79. The van der Waals surface area contributed by atoms with Gasteiger partial charge in [-0.2, -0.15) is 13.2 Å². The number of halogens is 3. The third-order valence-electron chi connectivity index (χ3n) is 5.99. The highest BCUT2D eigenvalue weighted by molar-refractivity contribution is 6.17. The van der Waals surface area contributed by atoms with Crippen molar-refractivity contribution in [2.24, 2.45) is 4.99 Å². The molecule has 4 rings (SSSR count). The minimum absolute atomic E-state index is 0.0361. The molecule has 1 fully saturated rings. The third-order valence-corrected chi connectivity index (χ3v) is 5.99. The van der Waals surface area contributed by atoms with Crippen molar-refractivity contribution < 1.29 is 22.8 Å². The maximum Gasteiger partial charge on any atom is 0.442 e. The van der Waals surface area contributed by atoms with Crippen molar-refractivity contribution in [3.8, 4) is 0 Å². The molecule has 1 atom stereocenters. The number of amides is 2. The second kappa shape index (κ2) is 8.41. The van der Waals surface area contributed by atoms with E-state index >= 15 is 0 Å². The zero-order valence-corrected chi connectivity index (χ0v) is 17.7. The molecule has 1 saturated carbocycles. The molecule has 168 valence electrons. The second-order valence-corrected chi connectivity index (χ2v) is 8.30. The van der Waals surface area contributed by atoms with Crippen LogP contribution in [0.2, 0.25) is 0 Å². The lowest BCUT2D eigenvalue weighted by Gasteiger charge is -2.34. The summed E-state index contributed by atoms with van der Waals surface area (Å²) in [6.45, 7) is 1.73. The molecule has 0 spiro atoms. The number of nitrogens with one attached hydrogen (secondary N) is 1. The first kappa shape index (κ1) is 22.0. The number of rotatable bonds is 4. The van der Waals surface area contributed by atoms with Gasteiger partial charge < -0.3 is 5.32 Å². The van der Waals surface area contributed by atoms with Crippen molar-refractivity contribution in [1.82, 2.24) is 10.2 Å². The monoisotopic (exact) mass is 443 g/mol. The normalized spacial score (nSPS) is 22.1. The summed E-state index contributed by atoms with van der Waals surface area (Å²) in [5.74, 6) is -2.30. The van der Waals surface area contributed by atoms with Gasteiger partial charge in [-0.05, 0) is 31.9 Å². The summed E-state index contributed by atoms with van der Waals surface area (Å²) in [6, 6.07) is 14.1. The molecule has 2 aliphatic rings. The molecular formula is C24H24F3N3O2. The molecule has 1 unspecified atom stereocenters. The van der Waals surface area contributed by atoms with Crippen LogP contribution in [0.15, 0.2) is 59.6 Å². The first-order chi connectivity index (χ1) is 15.2. The molecule has 0 bridgehead atoms. The quantitative estimate of drug-likeness (QED) is 0.751. The molecule has 0 aromatic heterocycles. The highest BCUT2D eigenvalue weighted by Crippen LogP contribution is 2.41. The summed E-state index contributed by atoms with van der Waals surface area (Å²) in [4.78, 5) is 31.4. The van der Waals surface area contributed by atoms with Crippen LogP contribution in [0.25, 0.3) is 0 Å². The topological polar surface area (TPSA) is 61.8 Å². The summed E-state index contributed by atoms with van der Waals surface area (Å²) in [7, 11) is 0. The van der Waals surface area contributed by atoms with Gasteiger partial charge in [-0.25, -0.2) is 4.99 Å². The SMILES string of the molecule is Cc1cccc(C(=O)NC2(C(F)(F)F)N=C(c3ccccc3)N(C3CCCCC3)C2=O)c1. The van der Waals surface area contributed by atoms with E-state index in [1.807, 2.05) is 5.32 Å². The van der Waals surface area contributed by atoms with Crippen LogP contribution >= 0.6 is 0 Å². The van der Waals surface area contributed by atoms with E-state index in [4.69, 9.17) is 0 Å². The van der Waals surface area contributed by atoms with Crippen LogP contribution in [0.5, 0.6) is 0 Å². The number of aryl methyl sites for hydroxylation is 1. The number of hydrogen-bond acceptors (Lipinski definition) is 3. The Morgan fingerprint density at radius 3 is 2.38 bits per heavy atom. The third kappa shape index (κ3) is 3.89. The summed E-state index contributed by atoms with van der Waals surface area (Å²) in [5.41, 5.74) is -2.21. The van der Waals surface area contributed by atoms with Crippen LogP contribution in [0.3, 0.4) is 0 Å². The Balaban J connectivity index is 1.81. The van der Waals surface area contributed by atoms with E-state index in [0.717, 1.165) is 19.3 Å². The molecule has 0 radical (unpaired) electrons. The molecule has 8 heteroatoms. The van der Waals surface area contributed by atoms with E-state index in [1.54, 1.807) is 49.4 Å². The van der Waals surface area contributed by atoms with Crippen molar-refractivity contribution in [1.29, 1.82) is 0 Å². The summed E-state index contributed by atoms with van der Waals surface area (Å²) in [6.07, 6.45) is -1.30. The van der Waals surface area contributed by atoms with Gasteiger partial charge in [0.15, 0.2) is 0 Å². The van der Waals surface area contributed by atoms with Gasteiger partial charge in [0, 0.05) is 17.2 Å². The predicted octanol–water partition coefficient (Wildman–Crippen LogP) is 4.61. The Bertz CT molecular complexity index is 1050. The number of hydrogen-bond donors (Lipinski definition) is 1. The maximum absolute atomic E-state index is 14.5. The van der Waals surface area contributed by atoms with E-state index in [0.29, 0.717) is 24.0 Å². The summed E-state index contributed by atoms with van der Waals surface area (Å²) in [5, 5.41) is 1.95. The van der Waals surface area contributed by atoms with Gasteiger partial charge in [-0.15, -0.1) is 0 Å². The van der Waals surface area contributed by atoms with E-state index < -0.39 is 29.7 Å². The summed E-state index contributed by atoms with van der Waals surface area (Å²) >= 11 is 0. The van der Waals surface area contributed by atoms with Gasteiger partial charge >= 0.3 is 11.8 Å². The van der Waals surface area contributed by atoms with Crippen LogP contribution in [0.1, 0.15) is 53.6 Å². The molecular weight excluding hydrogens is 419 g/mol. The minimum Gasteiger partial charge on any atom is -0.312 e. The van der Waals surface area contributed by atoms with Gasteiger partial charge in [0.05, 0.1) is 0 Å². The predicted molar refractivity (Wildman–Crippen MR) is 114 cm³/mol. The van der Waals surface area contributed by atoms with Crippen molar-refractivity contribution in [3.05, 3.63) is 71.3 Å². The number of aliphatic imine (C=N–C) groups is 1. The van der Waals surface area contributed by atoms with E-state index in [-0.39, 0.29) is 11.4 Å². The minimum atomic E-state index is -5.12. The van der Waals surface area contributed by atoms with Gasteiger partial charge in [0.1, 0.15) is 5.84 Å². The Labute approximate surface area is 184 Å². The van der Waals surface area contributed by atoms with Crippen molar-refractivity contribution in [3.63, 3.8) is 0 Å². The standard InChI is InChI=1S/C24H24F3N3O2/c1-16-9-8-12-18(15-16)21(31)29-23(24(25,26)27)22(32)30(19-13-6-3-7-14-19)20(28-23)17-10-4-2-5-11-17/h2,4-5,8-12,15,19H,3,6-7,13-14H2,1H3,(H,29,31). The van der Waals surface area contributed by atoms with Crippen LogP contribution in [-0.4, -0.2) is 40.4 Å². The number of nitrogens with zero attached hydrogens (tertiary/aromatic N) is 2. The Morgan fingerprint density at radius 2 is 1.75 bits per heavy atom. The fraction of sp³-hybridized carbons (Fsp3) is 0.375. The van der Waals surface area contributed by atoms with Crippen LogP contribution in [-0.2, 0) is 4.79 Å². The largest absolute Gasteiger partial charge is 0.442 e. The zero-order valence-electron chi connectivity index (χ0n) is 17.7. The highest BCUT2D eigenvalue weighted by atomic mass is 19.4. The first-order valence-corrected chi connectivity index (χ1v) is 10.7. The fourth-order valence-electron chi connectivity index (χ4n) is 4.36. The average Bonchev–Trinajstić information content (AvgIpc) is 3.08. The Hall–Kier alpha value is -3.16. The first-order valence-electron chi connectivity index (χ1n) is 10.7. The molecule has 2 aromatic carbocycles. The van der Waals surface area contributed by atoms with Gasteiger partial charge in [-0.1, -0.05) is 67.3 Å². The lowest BCUT2D eigenvalue weighted by Crippen LogP contribution is -2.64. The van der Waals surface area contributed by atoms with E-state index in [9.17, 15) is 22.8 Å². The molecule has 1 heterocycles. The number of amidine groups is 1. The maximum atomic E-state index is 14.5. The lowest BCUT2D eigenvalue weighted by molar-refractivity contribution is -0.197. The van der Waals surface area contributed by atoms with E-state index in [2.05, 4.69) is 4.99 Å². The molecule has 32 heavy (non-hydrogen) atoms. The zero-order chi connectivity index (χ0) is 22.9. The highest BCUT2D eigenvalue weighted by Gasteiger charge is 2.67. The van der Waals surface area contributed by atoms with Gasteiger partial charge in [0.2, 0.25) is 0 Å². The van der Waals surface area contributed by atoms with Crippen molar-refractivity contribution in [2.75, 3.05) is 0 Å². The second-order valence-electron chi connectivity index (χ2n) is 8.30. The van der Waals surface area contributed by atoms with Crippen molar-refractivity contribution in [2.45, 2.75) is 56.9 Å². The smallest absolute Gasteiger partial charge is 0.312 e. The molecule has 0 saturated heterocycles. The van der Waals surface area contributed by atoms with Gasteiger partial charge in [0.25, 0.3) is 11.8 Å². The Morgan fingerprint density at radius 1 is 1.06 bits per heavy atom. The van der Waals surface area contributed by atoms with Crippen molar-refractivity contribution >= 4 is 17.6 Å². The molecule has 1 N–H and O–H groups in total. The molecule has 1 aliphatic carbocycles. The number of alkyl halides is 3. The fourth-order valence-corrected chi connectivity index (χ4v) is 4.36. The molecule has 5 nitrogen and oxygen atoms in total. The van der Waals surface area contributed by atoms with Crippen LogP contribution in [0.4, 0.5) is 13.2 Å². The van der Waals surface area contributed by atoms with Crippen LogP contribution in [0, 0.1) is 6.92 Å². The molecule has 2 aromatic rings. The average molecular weight is 443 g/mol. The molecule has 2 amide bonds.